The Kier molecular flexibility index (Phi) is 5.12. The van der Waals surface area contributed by atoms with Gasteiger partial charge in [0.25, 0.3) is 5.91 Å². The Morgan fingerprint density at radius 1 is 1.38 bits per heavy atom. The molecular weight excluding hydrogens is 224 g/mol. The van der Waals surface area contributed by atoms with E-state index in [1.54, 1.807) is 19.0 Å². The number of halogens is 1. The Morgan fingerprint density at radius 2 is 2.06 bits per heavy atom. The van der Waals surface area contributed by atoms with E-state index in [2.05, 4.69) is 5.32 Å². The highest BCUT2D eigenvalue weighted by molar-refractivity contribution is 6.17. The molecule has 1 aromatic carbocycles. The SMILES string of the molecule is CN(C)C(=O)c1ccccc1NCCCCl. The molecule has 1 amide bonds. The number of rotatable bonds is 5. The smallest absolute Gasteiger partial charge is 0.255 e. The van der Waals surface area contributed by atoms with Crippen LogP contribution in [-0.2, 0) is 0 Å². The average molecular weight is 241 g/mol. The Morgan fingerprint density at radius 3 is 2.69 bits per heavy atom. The van der Waals surface area contributed by atoms with Gasteiger partial charge in [-0.25, -0.2) is 0 Å². The normalized spacial score (nSPS) is 9.94. The van der Waals surface area contributed by atoms with Gasteiger partial charge in [-0.15, -0.1) is 11.6 Å². The van der Waals surface area contributed by atoms with Gasteiger partial charge in [-0.05, 0) is 18.6 Å². The Bertz CT molecular complexity index is 353. The van der Waals surface area contributed by atoms with Crippen LogP contribution in [0.5, 0.6) is 0 Å². The summed E-state index contributed by atoms with van der Waals surface area (Å²) in [6.07, 6.45) is 0.881. The molecule has 0 heterocycles. The summed E-state index contributed by atoms with van der Waals surface area (Å²) in [5.41, 5.74) is 1.56. The lowest BCUT2D eigenvalue weighted by molar-refractivity contribution is 0.0828. The minimum Gasteiger partial charge on any atom is -0.384 e. The topological polar surface area (TPSA) is 32.3 Å². The van der Waals surface area contributed by atoms with Crippen molar-refractivity contribution in [2.75, 3.05) is 31.8 Å². The molecule has 0 aromatic heterocycles. The molecular formula is C12H17ClN2O. The Balaban J connectivity index is 2.79. The van der Waals surface area contributed by atoms with Crippen LogP contribution >= 0.6 is 11.6 Å². The number of alkyl halides is 1. The molecule has 0 radical (unpaired) electrons. The molecule has 1 N–H and O–H groups in total. The zero-order chi connectivity index (χ0) is 12.0. The van der Waals surface area contributed by atoms with Crippen LogP contribution in [-0.4, -0.2) is 37.3 Å². The van der Waals surface area contributed by atoms with Gasteiger partial charge in [-0.3, -0.25) is 4.79 Å². The average Bonchev–Trinajstić information content (AvgIpc) is 2.29. The highest BCUT2D eigenvalue weighted by Crippen LogP contribution is 2.16. The van der Waals surface area contributed by atoms with E-state index in [4.69, 9.17) is 11.6 Å². The molecule has 0 atom stereocenters. The second kappa shape index (κ2) is 6.38. The maximum atomic E-state index is 11.9. The molecule has 0 spiro atoms. The summed E-state index contributed by atoms with van der Waals surface area (Å²) in [5, 5.41) is 3.22. The van der Waals surface area contributed by atoms with Crippen LogP contribution in [0.4, 0.5) is 5.69 Å². The third-order valence-electron chi connectivity index (χ3n) is 2.19. The number of nitrogens with one attached hydrogen (secondary N) is 1. The fourth-order valence-corrected chi connectivity index (χ4v) is 1.49. The summed E-state index contributed by atoms with van der Waals surface area (Å²) in [6, 6.07) is 7.51. The molecule has 1 aromatic rings. The lowest BCUT2D eigenvalue weighted by Gasteiger charge is -2.14. The minimum atomic E-state index is 0.00831. The van der Waals surface area contributed by atoms with Crippen LogP contribution in [0.1, 0.15) is 16.8 Å². The quantitative estimate of drug-likeness (QED) is 0.633. The first-order valence-corrected chi connectivity index (χ1v) is 5.80. The molecule has 0 aliphatic carbocycles. The van der Waals surface area contributed by atoms with Crippen LogP contribution in [0.15, 0.2) is 24.3 Å². The van der Waals surface area contributed by atoms with E-state index in [0.29, 0.717) is 11.4 Å². The maximum absolute atomic E-state index is 11.9. The molecule has 16 heavy (non-hydrogen) atoms. The van der Waals surface area contributed by atoms with E-state index in [-0.39, 0.29) is 5.91 Å². The molecule has 0 bridgehead atoms. The molecule has 0 saturated carbocycles. The van der Waals surface area contributed by atoms with E-state index in [1.165, 1.54) is 0 Å². The van der Waals surface area contributed by atoms with Crippen molar-refractivity contribution in [2.45, 2.75) is 6.42 Å². The van der Waals surface area contributed by atoms with Crippen LogP contribution in [0.3, 0.4) is 0 Å². The molecule has 4 heteroatoms. The lowest BCUT2D eigenvalue weighted by atomic mass is 10.1. The molecule has 0 aliphatic rings. The first-order valence-electron chi connectivity index (χ1n) is 5.27. The van der Waals surface area contributed by atoms with Gasteiger partial charge in [0.05, 0.1) is 5.56 Å². The van der Waals surface area contributed by atoms with E-state index < -0.39 is 0 Å². The van der Waals surface area contributed by atoms with E-state index >= 15 is 0 Å². The third-order valence-corrected chi connectivity index (χ3v) is 2.46. The van der Waals surface area contributed by atoms with Crippen molar-refractivity contribution >= 4 is 23.2 Å². The molecule has 0 saturated heterocycles. The zero-order valence-corrected chi connectivity index (χ0v) is 10.4. The van der Waals surface area contributed by atoms with Gasteiger partial charge >= 0.3 is 0 Å². The van der Waals surface area contributed by atoms with E-state index in [1.807, 2.05) is 24.3 Å². The van der Waals surface area contributed by atoms with Crippen molar-refractivity contribution in [3.63, 3.8) is 0 Å². The predicted octanol–water partition coefficient (Wildman–Crippen LogP) is 2.43. The van der Waals surface area contributed by atoms with Gasteiger partial charge < -0.3 is 10.2 Å². The van der Waals surface area contributed by atoms with Crippen LogP contribution in [0.25, 0.3) is 0 Å². The van der Waals surface area contributed by atoms with Gasteiger partial charge in [0.15, 0.2) is 0 Å². The van der Waals surface area contributed by atoms with Crippen molar-refractivity contribution in [1.82, 2.24) is 4.90 Å². The predicted molar refractivity (Wildman–Crippen MR) is 68.3 cm³/mol. The molecule has 3 nitrogen and oxygen atoms in total. The van der Waals surface area contributed by atoms with Crippen LogP contribution in [0.2, 0.25) is 0 Å². The van der Waals surface area contributed by atoms with Crippen LogP contribution < -0.4 is 5.32 Å². The summed E-state index contributed by atoms with van der Waals surface area (Å²) in [4.78, 5) is 13.4. The van der Waals surface area contributed by atoms with Gasteiger partial charge in [-0.2, -0.15) is 0 Å². The maximum Gasteiger partial charge on any atom is 0.255 e. The second-order valence-electron chi connectivity index (χ2n) is 3.71. The minimum absolute atomic E-state index is 0.00831. The van der Waals surface area contributed by atoms with E-state index in [9.17, 15) is 4.79 Å². The number of anilines is 1. The number of nitrogens with zero attached hydrogens (tertiary/aromatic N) is 1. The first-order chi connectivity index (χ1) is 7.66. The number of carbonyl (C=O) groups is 1. The molecule has 0 fully saturated rings. The van der Waals surface area contributed by atoms with Gasteiger partial charge in [0.1, 0.15) is 0 Å². The Labute approximate surface area is 101 Å². The number of carbonyl (C=O) groups excluding carboxylic acids is 1. The van der Waals surface area contributed by atoms with Gasteiger partial charge in [-0.1, -0.05) is 12.1 Å². The Hall–Kier alpha value is -1.22. The number of hydrogen-bond donors (Lipinski definition) is 1. The van der Waals surface area contributed by atoms with Crippen molar-refractivity contribution in [2.24, 2.45) is 0 Å². The van der Waals surface area contributed by atoms with Crippen molar-refractivity contribution < 1.29 is 4.79 Å². The molecule has 0 aliphatic heterocycles. The van der Waals surface area contributed by atoms with Crippen molar-refractivity contribution in [3.05, 3.63) is 29.8 Å². The van der Waals surface area contributed by atoms with Gasteiger partial charge in [0, 0.05) is 32.2 Å². The number of benzene rings is 1. The first kappa shape index (κ1) is 12.8. The molecule has 88 valence electrons. The van der Waals surface area contributed by atoms with Gasteiger partial charge in [0.2, 0.25) is 0 Å². The summed E-state index contributed by atoms with van der Waals surface area (Å²) >= 11 is 5.61. The van der Waals surface area contributed by atoms with Crippen LogP contribution in [0, 0.1) is 0 Å². The summed E-state index contributed by atoms with van der Waals surface area (Å²) in [7, 11) is 3.50. The second-order valence-corrected chi connectivity index (χ2v) is 4.09. The highest BCUT2D eigenvalue weighted by Gasteiger charge is 2.11. The third kappa shape index (κ3) is 3.42. The summed E-state index contributed by atoms with van der Waals surface area (Å²) in [6.45, 7) is 0.779. The number of amides is 1. The van der Waals surface area contributed by atoms with E-state index in [0.717, 1.165) is 18.7 Å². The summed E-state index contributed by atoms with van der Waals surface area (Å²) < 4.78 is 0. The van der Waals surface area contributed by atoms with Crippen molar-refractivity contribution in [1.29, 1.82) is 0 Å². The monoisotopic (exact) mass is 240 g/mol. The standard InChI is InChI=1S/C12H17ClN2O/c1-15(2)12(16)10-6-3-4-7-11(10)14-9-5-8-13/h3-4,6-7,14H,5,8-9H2,1-2H3. The largest absolute Gasteiger partial charge is 0.384 e. The molecule has 0 unspecified atom stereocenters. The summed E-state index contributed by atoms with van der Waals surface area (Å²) in [5.74, 6) is 0.630. The lowest BCUT2D eigenvalue weighted by Crippen LogP contribution is -2.23. The van der Waals surface area contributed by atoms with Crippen molar-refractivity contribution in [3.8, 4) is 0 Å². The highest BCUT2D eigenvalue weighted by atomic mass is 35.5. The molecule has 1 rings (SSSR count). The fourth-order valence-electron chi connectivity index (χ4n) is 1.35. The number of hydrogen-bond acceptors (Lipinski definition) is 2. The fraction of sp³-hybridized carbons (Fsp3) is 0.417. The number of para-hydroxylation sites is 1. The zero-order valence-electron chi connectivity index (χ0n) is 9.66.